The summed E-state index contributed by atoms with van der Waals surface area (Å²) < 4.78 is 10.2. The molecule has 0 aliphatic heterocycles. The summed E-state index contributed by atoms with van der Waals surface area (Å²) in [4.78, 5) is 0. The molecule has 0 rings (SSSR count). The van der Waals surface area contributed by atoms with E-state index in [9.17, 15) is 0 Å². The molecule has 0 heterocycles. The first-order chi connectivity index (χ1) is 5.27. The molecule has 0 N–H and O–H groups in total. The number of hydrogen-bond acceptors (Lipinski definition) is 2. The SMILES string of the molecule is COCCOCCC[SiH](C)C. The fraction of sp³-hybridized carbons (Fsp3) is 1.00. The molecule has 0 radical (unpaired) electrons. The molecule has 0 atom stereocenters. The average molecular weight is 176 g/mol. The van der Waals surface area contributed by atoms with Crippen LogP contribution in [-0.2, 0) is 9.47 Å². The molecular formula is C8H20O2Si. The fourth-order valence-electron chi connectivity index (χ4n) is 0.838. The molecule has 0 aliphatic carbocycles. The highest BCUT2D eigenvalue weighted by Crippen LogP contribution is 1.96. The highest BCUT2D eigenvalue weighted by molar-refractivity contribution is 6.55. The van der Waals surface area contributed by atoms with E-state index in [0.29, 0.717) is 0 Å². The Hall–Kier alpha value is 0.137. The minimum Gasteiger partial charge on any atom is -0.382 e. The Morgan fingerprint density at radius 3 is 2.36 bits per heavy atom. The van der Waals surface area contributed by atoms with Crippen LogP contribution in [0, 0.1) is 0 Å². The molecule has 2 nitrogen and oxygen atoms in total. The van der Waals surface area contributed by atoms with Gasteiger partial charge < -0.3 is 9.47 Å². The minimum absolute atomic E-state index is 0.341. The molecule has 0 fully saturated rings. The van der Waals surface area contributed by atoms with Crippen LogP contribution in [-0.4, -0.2) is 35.7 Å². The Balaban J connectivity index is 2.80. The number of methoxy groups -OCH3 is 1. The molecule has 3 heteroatoms. The van der Waals surface area contributed by atoms with Gasteiger partial charge in [0.1, 0.15) is 0 Å². The van der Waals surface area contributed by atoms with Gasteiger partial charge in [0.05, 0.1) is 13.2 Å². The van der Waals surface area contributed by atoms with Crippen LogP contribution in [0.1, 0.15) is 6.42 Å². The lowest BCUT2D eigenvalue weighted by atomic mass is 10.5. The van der Waals surface area contributed by atoms with E-state index in [-0.39, 0.29) is 8.80 Å². The summed E-state index contributed by atoms with van der Waals surface area (Å²) in [5.41, 5.74) is 0. The lowest BCUT2D eigenvalue weighted by molar-refractivity contribution is 0.0709. The summed E-state index contributed by atoms with van der Waals surface area (Å²) in [6, 6.07) is 1.40. The first-order valence-electron chi connectivity index (χ1n) is 4.34. The van der Waals surface area contributed by atoms with E-state index in [2.05, 4.69) is 13.1 Å². The Morgan fingerprint density at radius 2 is 1.82 bits per heavy atom. The molecule has 0 aromatic carbocycles. The predicted octanol–water partition coefficient (Wildman–Crippen LogP) is 1.53. The van der Waals surface area contributed by atoms with Gasteiger partial charge in [-0.25, -0.2) is 0 Å². The highest BCUT2D eigenvalue weighted by Gasteiger charge is 1.94. The molecule has 0 saturated heterocycles. The molecule has 0 aliphatic rings. The highest BCUT2D eigenvalue weighted by atomic mass is 28.3. The second-order valence-electron chi connectivity index (χ2n) is 3.14. The van der Waals surface area contributed by atoms with Crippen molar-refractivity contribution in [1.82, 2.24) is 0 Å². The topological polar surface area (TPSA) is 18.5 Å². The molecule has 0 saturated carbocycles. The van der Waals surface area contributed by atoms with Crippen molar-refractivity contribution >= 4 is 8.80 Å². The molecule has 0 unspecified atom stereocenters. The Labute approximate surface area is 71.5 Å². The van der Waals surface area contributed by atoms with Crippen molar-refractivity contribution < 1.29 is 9.47 Å². The van der Waals surface area contributed by atoms with Gasteiger partial charge in [-0.2, -0.15) is 0 Å². The summed E-state index contributed by atoms with van der Waals surface area (Å²) >= 11 is 0. The average Bonchev–Trinajstić information content (AvgIpc) is 1.96. The third-order valence-corrected chi connectivity index (χ3v) is 3.06. The van der Waals surface area contributed by atoms with Crippen molar-refractivity contribution in [2.75, 3.05) is 26.9 Å². The van der Waals surface area contributed by atoms with Crippen LogP contribution >= 0.6 is 0 Å². The normalized spacial score (nSPS) is 10.9. The smallest absolute Gasteiger partial charge is 0.0700 e. The van der Waals surface area contributed by atoms with E-state index in [1.807, 2.05) is 0 Å². The van der Waals surface area contributed by atoms with Gasteiger partial charge in [0.2, 0.25) is 0 Å². The molecule has 68 valence electrons. The predicted molar refractivity (Wildman–Crippen MR) is 51.0 cm³/mol. The lowest BCUT2D eigenvalue weighted by Gasteiger charge is -2.04. The number of hydrogen-bond donors (Lipinski definition) is 0. The molecule has 0 aromatic rings. The van der Waals surface area contributed by atoms with Crippen molar-refractivity contribution in [3.05, 3.63) is 0 Å². The summed E-state index contributed by atoms with van der Waals surface area (Å²) in [5.74, 6) is 0. The van der Waals surface area contributed by atoms with Crippen LogP contribution in [0.15, 0.2) is 0 Å². The van der Waals surface area contributed by atoms with Gasteiger partial charge >= 0.3 is 0 Å². The summed E-state index contributed by atoms with van der Waals surface area (Å²) in [6.07, 6.45) is 1.23. The van der Waals surface area contributed by atoms with E-state index >= 15 is 0 Å². The zero-order valence-electron chi connectivity index (χ0n) is 7.93. The summed E-state index contributed by atoms with van der Waals surface area (Å²) in [6.45, 7) is 7.12. The van der Waals surface area contributed by atoms with Crippen molar-refractivity contribution in [1.29, 1.82) is 0 Å². The molecule has 0 bridgehead atoms. The molecule has 0 spiro atoms. The van der Waals surface area contributed by atoms with Crippen LogP contribution < -0.4 is 0 Å². The van der Waals surface area contributed by atoms with Gasteiger partial charge in [-0.05, 0) is 6.42 Å². The van der Waals surface area contributed by atoms with Crippen LogP contribution in [0.2, 0.25) is 19.1 Å². The van der Waals surface area contributed by atoms with Gasteiger partial charge in [0.25, 0.3) is 0 Å². The maximum absolute atomic E-state index is 5.32. The minimum atomic E-state index is -0.341. The Morgan fingerprint density at radius 1 is 1.09 bits per heavy atom. The quantitative estimate of drug-likeness (QED) is 0.432. The third-order valence-electron chi connectivity index (χ3n) is 1.50. The van der Waals surface area contributed by atoms with Gasteiger partial charge in [0, 0.05) is 22.5 Å². The number of ether oxygens (including phenoxy) is 2. The maximum atomic E-state index is 5.32. The van der Waals surface area contributed by atoms with Gasteiger partial charge in [-0.15, -0.1) is 0 Å². The van der Waals surface area contributed by atoms with Gasteiger partial charge in [-0.1, -0.05) is 19.1 Å². The lowest BCUT2D eigenvalue weighted by Crippen LogP contribution is -2.05. The molecule has 0 aromatic heterocycles. The third kappa shape index (κ3) is 10.1. The molecule has 11 heavy (non-hydrogen) atoms. The molecular weight excluding hydrogens is 156 g/mol. The van der Waals surface area contributed by atoms with Crippen LogP contribution in [0.5, 0.6) is 0 Å². The van der Waals surface area contributed by atoms with Crippen LogP contribution in [0.4, 0.5) is 0 Å². The first kappa shape index (κ1) is 11.1. The van der Waals surface area contributed by atoms with Gasteiger partial charge in [0.15, 0.2) is 0 Å². The summed E-state index contributed by atoms with van der Waals surface area (Å²) in [7, 11) is 1.36. The Kier molecular flexibility index (Phi) is 8.34. The fourth-order valence-corrected chi connectivity index (χ4v) is 1.82. The zero-order valence-corrected chi connectivity index (χ0v) is 9.08. The summed E-state index contributed by atoms with van der Waals surface area (Å²) in [5, 5.41) is 0. The van der Waals surface area contributed by atoms with Crippen LogP contribution in [0.25, 0.3) is 0 Å². The van der Waals surface area contributed by atoms with Crippen molar-refractivity contribution in [2.24, 2.45) is 0 Å². The molecule has 0 amide bonds. The Bertz CT molecular complexity index is 76.5. The van der Waals surface area contributed by atoms with Gasteiger partial charge in [-0.3, -0.25) is 0 Å². The largest absolute Gasteiger partial charge is 0.382 e. The maximum Gasteiger partial charge on any atom is 0.0700 e. The number of rotatable bonds is 7. The van der Waals surface area contributed by atoms with E-state index in [1.54, 1.807) is 7.11 Å². The monoisotopic (exact) mass is 176 g/mol. The second-order valence-corrected chi connectivity index (χ2v) is 6.51. The second kappa shape index (κ2) is 8.24. The van der Waals surface area contributed by atoms with E-state index < -0.39 is 0 Å². The first-order valence-corrected chi connectivity index (χ1v) is 7.46. The van der Waals surface area contributed by atoms with Crippen molar-refractivity contribution in [2.45, 2.75) is 25.6 Å². The van der Waals surface area contributed by atoms with Crippen molar-refractivity contribution in [3.8, 4) is 0 Å². The van der Waals surface area contributed by atoms with E-state index in [1.165, 1.54) is 12.5 Å². The standard InChI is InChI=1S/C8H20O2Si/c1-9-6-7-10-5-4-8-11(2)3/h11H,4-8H2,1-3H3. The van der Waals surface area contributed by atoms with E-state index in [4.69, 9.17) is 9.47 Å². The van der Waals surface area contributed by atoms with E-state index in [0.717, 1.165) is 19.8 Å². The van der Waals surface area contributed by atoms with Crippen LogP contribution in [0.3, 0.4) is 0 Å². The zero-order chi connectivity index (χ0) is 8.53. The van der Waals surface area contributed by atoms with Crippen molar-refractivity contribution in [3.63, 3.8) is 0 Å².